The Kier molecular flexibility index (Phi) is 5.56. The molecule has 0 saturated carbocycles. The molecule has 16 heavy (non-hydrogen) atoms. The smallest absolute Gasteiger partial charge is 0.224 e. The van der Waals surface area contributed by atoms with Crippen molar-refractivity contribution in [3.63, 3.8) is 0 Å². The normalized spacial score (nSPS) is 10.2. The summed E-state index contributed by atoms with van der Waals surface area (Å²) in [7, 11) is 0. The molecule has 1 heterocycles. The van der Waals surface area contributed by atoms with Crippen molar-refractivity contribution in [2.24, 2.45) is 0 Å². The molecule has 0 aliphatic carbocycles. The molecule has 0 spiro atoms. The zero-order valence-corrected chi connectivity index (χ0v) is 10.2. The van der Waals surface area contributed by atoms with Crippen LogP contribution in [0.15, 0.2) is 6.07 Å². The molecule has 0 aliphatic heterocycles. The van der Waals surface area contributed by atoms with Gasteiger partial charge in [0.25, 0.3) is 0 Å². The molecule has 0 radical (unpaired) electrons. The number of hydrogen-bond donors (Lipinski definition) is 2. The Morgan fingerprint density at radius 2 is 2.06 bits per heavy atom. The Morgan fingerprint density at radius 3 is 2.75 bits per heavy atom. The third-order valence-corrected chi connectivity index (χ3v) is 1.95. The number of hydrogen-bond acceptors (Lipinski definition) is 5. The van der Waals surface area contributed by atoms with E-state index in [2.05, 4.69) is 20.6 Å². The van der Waals surface area contributed by atoms with Crippen LogP contribution in [-0.4, -0.2) is 36.3 Å². The second-order valence-corrected chi connectivity index (χ2v) is 3.37. The first-order valence-corrected chi connectivity index (χ1v) is 5.67. The Labute approximate surface area is 96.6 Å². The van der Waals surface area contributed by atoms with Gasteiger partial charge in [0.1, 0.15) is 5.82 Å². The largest absolute Gasteiger partial charge is 0.380 e. The fourth-order valence-corrected chi connectivity index (χ4v) is 1.29. The molecule has 5 nitrogen and oxygen atoms in total. The minimum Gasteiger partial charge on any atom is -0.380 e. The second kappa shape index (κ2) is 7.00. The highest BCUT2D eigenvalue weighted by atomic mass is 16.5. The zero-order valence-electron chi connectivity index (χ0n) is 10.2. The molecule has 0 amide bonds. The van der Waals surface area contributed by atoms with Crippen molar-refractivity contribution >= 4 is 11.8 Å². The van der Waals surface area contributed by atoms with Gasteiger partial charge in [-0.15, -0.1) is 0 Å². The number of ether oxygens (including phenoxy) is 1. The monoisotopic (exact) mass is 224 g/mol. The predicted molar refractivity (Wildman–Crippen MR) is 65.9 cm³/mol. The summed E-state index contributed by atoms with van der Waals surface area (Å²) in [6.07, 6.45) is 0. The summed E-state index contributed by atoms with van der Waals surface area (Å²) in [5.74, 6) is 1.50. The number of aromatic nitrogens is 2. The van der Waals surface area contributed by atoms with Crippen molar-refractivity contribution in [1.82, 2.24) is 9.97 Å². The van der Waals surface area contributed by atoms with Crippen LogP contribution in [0.3, 0.4) is 0 Å². The van der Waals surface area contributed by atoms with Gasteiger partial charge in [0.05, 0.1) is 6.61 Å². The highest BCUT2D eigenvalue weighted by Crippen LogP contribution is 2.08. The number of aryl methyl sites for hydroxylation is 1. The standard InChI is InChI=1S/C11H20N4O/c1-4-12-11-14-9(3)8-10(15-11)13-6-7-16-5-2/h8H,4-7H2,1-3H3,(H2,12,13,14,15). The van der Waals surface area contributed by atoms with Crippen LogP contribution in [0, 0.1) is 6.92 Å². The maximum atomic E-state index is 5.24. The zero-order chi connectivity index (χ0) is 11.8. The highest BCUT2D eigenvalue weighted by Gasteiger charge is 2.00. The molecule has 0 bridgehead atoms. The molecule has 0 atom stereocenters. The van der Waals surface area contributed by atoms with E-state index in [0.29, 0.717) is 12.6 Å². The summed E-state index contributed by atoms with van der Waals surface area (Å²) in [6, 6.07) is 1.92. The molecule has 0 saturated heterocycles. The molecule has 1 aromatic rings. The number of anilines is 2. The summed E-state index contributed by atoms with van der Waals surface area (Å²) >= 11 is 0. The summed E-state index contributed by atoms with van der Waals surface area (Å²) in [5, 5.41) is 6.30. The second-order valence-electron chi connectivity index (χ2n) is 3.37. The number of rotatable bonds is 7. The van der Waals surface area contributed by atoms with Crippen LogP contribution in [0.4, 0.5) is 11.8 Å². The summed E-state index contributed by atoms with van der Waals surface area (Å²) in [4.78, 5) is 8.61. The lowest BCUT2D eigenvalue weighted by Gasteiger charge is -2.08. The van der Waals surface area contributed by atoms with Crippen molar-refractivity contribution < 1.29 is 4.74 Å². The maximum Gasteiger partial charge on any atom is 0.224 e. The van der Waals surface area contributed by atoms with Crippen LogP contribution in [0.1, 0.15) is 19.5 Å². The molecular formula is C11H20N4O. The van der Waals surface area contributed by atoms with E-state index in [1.54, 1.807) is 0 Å². The first kappa shape index (κ1) is 12.7. The van der Waals surface area contributed by atoms with E-state index in [9.17, 15) is 0 Å². The van der Waals surface area contributed by atoms with Crippen LogP contribution in [0.5, 0.6) is 0 Å². The van der Waals surface area contributed by atoms with Crippen LogP contribution >= 0.6 is 0 Å². The maximum absolute atomic E-state index is 5.24. The van der Waals surface area contributed by atoms with Gasteiger partial charge in [-0.25, -0.2) is 4.98 Å². The fraction of sp³-hybridized carbons (Fsp3) is 0.636. The van der Waals surface area contributed by atoms with E-state index in [0.717, 1.165) is 31.2 Å². The average molecular weight is 224 g/mol. The lowest BCUT2D eigenvalue weighted by atomic mass is 10.4. The van der Waals surface area contributed by atoms with E-state index in [1.165, 1.54) is 0 Å². The van der Waals surface area contributed by atoms with Gasteiger partial charge >= 0.3 is 0 Å². The van der Waals surface area contributed by atoms with Crippen LogP contribution in [0.2, 0.25) is 0 Å². The third kappa shape index (κ3) is 4.44. The molecule has 0 unspecified atom stereocenters. The molecule has 0 aromatic carbocycles. The minimum atomic E-state index is 0.668. The van der Waals surface area contributed by atoms with Crippen molar-refractivity contribution in [1.29, 1.82) is 0 Å². The first-order chi connectivity index (χ1) is 7.76. The van der Waals surface area contributed by atoms with Crippen molar-refractivity contribution in [2.45, 2.75) is 20.8 Å². The Balaban J connectivity index is 2.51. The molecule has 90 valence electrons. The van der Waals surface area contributed by atoms with Gasteiger partial charge in [-0.1, -0.05) is 0 Å². The summed E-state index contributed by atoms with van der Waals surface area (Å²) in [6.45, 7) is 8.98. The van der Waals surface area contributed by atoms with Crippen molar-refractivity contribution in [2.75, 3.05) is 36.9 Å². The topological polar surface area (TPSA) is 59.1 Å². The number of nitrogens with one attached hydrogen (secondary N) is 2. The summed E-state index contributed by atoms with van der Waals surface area (Å²) in [5.41, 5.74) is 0.949. The van der Waals surface area contributed by atoms with E-state index in [1.807, 2.05) is 26.8 Å². The molecule has 0 fully saturated rings. The van der Waals surface area contributed by atoms with Gasteiger partial charge in [0.2, 0.25) is 5.95 Å². The SMILES string of the molecule is CCNc1nc(C)cc(NCCOCC)n1. The lowest BCUT2D eigenvalue weighted by Crippen LogP contribution is -2.12. The minimum absolute atomic E-state index is 0.668. The third-order valence-electron chi connectivity index (χ3n) is 1.95. The lowest BCUT2D eigenvalue weighted by molar-refractivity contribution is 0.158. The Hall–Kier alpha value is -1.36. The quantitative estimate of drug-likeness (QED) is 0.690. The van der Waals surface area contributed by atoms with E-state index in [-0.39, 0.29) is 0 Å². The van der Waals surface area contributed by atoms with E-state index >= 15 is 0 Å². The fourth-order valence-electron chi connectivity index (χ4n) is 1.29. The molecule has 5 heteroatoms. The molecule has 1 rings (SSSR count). The first-order valence-electron chi connectivity index (χ1n) is 5.67. The average Bonchev–Trinajstić information content (AvgIpc) is 2.24. The van der Waals surface area contributed by atoms with Crippen LogP contribution < -0.4 is 10.6 Å². The molecular weight excluding hydrogens is 204 g/mol. The van der Waals surface area contributed by atoms with Gasteiger partial charge in [-0.2, -0.15) is 4.98 Å². The highest BCUT2D eigenvalue weighted by molar-refractivity contribution is 5.41. The van der Waals surface area contributed by atoms with Gasteiger partial charge < -0.3 is 15.4 Å². The van der Waals surface area contributed by atoms with Gasteiger partial charge in [-0.05, 0) is 20.8 Å². The van der Waals surface area contributed by atoms with Gasteiger partial charge in [0, 0.05) is 31.5 Å². The Morgan fingerprint density at radius 1 is 1.25 bits per heavy atom. The summed E-state index contributed by atoms with van der Waals surface area (Å²) < 4.78 is 5.24. The molecule has 0 aliphatic rings. The van der Waals surface area contributed by atoms with Crippen molar-refractivity contribution in [3.05, 3.63) is 11.8 Å². The van der Waals surface area contributed by atoms with E-state index in [4.69, 9.17) is 4.74 Å². The van der Waals surface area contributed by atoms with Gasteiger partial charge in [0.15, 0.2) is 0 Å². The van der Waals surface area contributed by atoms with Crippen molar-refractivity contribution in [3.8, 4) is 0 Å². The van der Waals surface area contributed by atoms with E-state index < -0.39 is 0 Å². The number of nitrogens with zero attached hydrogens (tertiary/aromatic N) is 2. The predicted octanol–water partition coefficient (Wildman–Crippen LogP) is 1.67. The van der Waals surface area contributed by atoms with Crippen LogP contribution in [0.25, 0.3) is 0 Å². The molecule has 2 N–H and O–H groups in total. The Bertz CT molecular complexity index is 317. The van der Waals surface area contributed by atoms with Crippen LogP contribution in [-0.2, 0) is 4.74 Å². The molecule has 1 aromatic heterocycles. The van der Waals surface area contributed by atoms with Gasteiger partial charge in [-0.3, -0.25) is 0 Å².